The molecule has 0 spiro atoms. The topological polar surface area (TPSA) is 80.5 Å². The quantitative estimate of drug-likeness (QED) is 0.845. The smallest absolute Gasteiger partial charge is 0.257 e. The molecule has 1 rings (SSSR count). The number of nitrogens with two attached hydrogens (primary N) is 1. The lowest BCUT2D eigenvalue weighted by Crippen LogP contribution is -2.33. The Kier molecular flexibility index (Phi) is 4.95. The Labute approximate surface area is 117 Å². The SMILES string of the molecule is C#CCN(CC)C(=O)c1c(Cl)cccc1S(N)(=O)=O. The van der Waals surface area contributed by atoms with Gasteiger partial charge < -0.3 is 4.90 Å². The predicted molar refractivity (Wildman–Crippen MR) is 73.2 cm³/mol. The summed E-state index contributed by atoms with van der Waals surface area (Å²) in [5, 5.41) is 5.10. The van der Waals surface area contributed by atoms with Gasteiger partial charge in [-0.05, 0) is 19.1 Å². The average molecular weight is 301 g/mol. The summed E-state index contributed by atoms with van der Waals surface area (Å²) in [5.74, 6) is 1.77. The molecule has 0 radical (unpaired) electrons. The van der Waals surface area contributed by atoms with Crippen LogP contribution < -0.4 is 5.14 Å². The number of sulfonamides is 1. The van der Waals surface area contributed by atoms with E-state index in [2.05, 4.69) is 5.92 Å². The molecule has 0 aliphatic rings. The van der Waals surface area contributed by atoms with Gasteiger partial charge in [-0.1, -0.05) is 23.6 Å². The van der Waals surface area contributed by atoms with Gasteiger partial charge in [-0.15, -0.1) is 6.42 Å². The fraction of sp³-hybridized carbons (Fsp3) is 0.250. The van der Waals surface area contributed by atoms with Crippen LogP contribution in [0, 0.1) is 12.3 Å². The molecule has 0 saturated carbocycles. The second kappa shape index (κ2) is 6.06. The van der Waals surface area contributed by atoms with Gasteiger partial charge in [-0.25, -0.2) is 13.6 Å². The maximum atomic E-state index is 12.3. The average Bonchev–Trinajstić information content (AvgIpc) is 2.33. The van der Waals surface area contributed by atoms with Crippen molar-refractivity contribution in [1.82, 2.24) is 4.90 Å². The lowest BCUT2D eigenvalue weighted by molar-refractivity contribution is 0.0781. The maximum absolute atomic E-state index is 12.3. The monoisotopic (exact) mass is 300 g/mol. The van der Waals surface area contributed by atoms with E-state index in [1.807, 2.05) is 0 Å². The van der Waals surface area contributed by atoms with Crippen molar-refractivity contribution in [2.45, 2.75) is 11.8 Å². The van der Waals surface area contributed by atoms with E-state index >= 15 is 0 Å². The van der Waals surface area contributed by atoms with Crippen molar-refractivity contribution in [1.29, 1.82) is 0 Å². The fourth-order valence-electron chi connectivity index (χ4n) is 1.54. The van der Waals surface area contributed by atoms with Crippen LogP contribution in [0.5, 0.6) is 0 Å². The molecular formula is C12H13ClN2O3S. The van der Waals surface area contributed by atoms with Crippen LogP contribution in [-0.4, -0.2) is 32.3 Å². The number of amides is 1. The van der Waals surface area contributed by atoms with E-state index in [1.54, 1.807) is 6.92 Å². The number of carbonyl (C=O) groups excluding carboxylic acids is 1. The number of benzene rings is 1. The van der Waals surface area contributed by atoms with Crippen molar-refractivity contribution in [2.75, 3.05) is 13.1 Å². The van der Waals surface area contributed by atoms with Gasteiger partial charge in [0, 0.05) is 6.54 Å². The number of carbonyl (C=O) groups is 1. The molecular weight excluding hydrogens is 288 g/mol. The predicted octanol–water partition coefficient (Wildman–Crippen LogP) is 1.08. The van der Waals surface area contributed by atoms with Crippen molar-refractivity contribution in [3.63, 3.8) is 0 Å². The standard InChI is InChI=1S/C12H13ClN2O3S/c1-3-8-15(4-2)12(16)11-9(13)6-5-7-10(11)19(14,17)18/h1,5-7H,4,8H2,2H3,(H2,14,17,18). The van der Waals surface area contributed by atoms with E-state index in [1.165, 1.54) is 23.1 Å². The molecule has 0 heterocycles. The Hall–Kier alpha value is -1.55. The van der Waals surface area contributed by atoms with Crippen LogP contribution in [0.1, 0.15) is 17.3 Å². The summed E-state index contributed by atoms with van der Waals surface area (Å²) in [7, 11) is -4.04. The van der Waals surface area contributed by atoms with Crippen LogP contribution in [0.4, 0.5) is 0 Å². The number of nitrogens with zero attached hydrogens (tertiary/aromatic N) is 1. The number of primary sulfonamides is 1. The summed E-state index contributed by atoms with van der Waals surface area (Å²) in [6.45, 7) is 2.12. The van der Waals surface area contributed by atoms with Crippen LogP contribution in [-0.2, 0) is 10.0 Å². The molecule has 1 amide bonds. The minimum Gasteiger partial charge on any atom is -0.328 e. The van der Waals surface area contributed by atoms with Gasteiger partial charge in [0.2, 0.25) is 10.0 Å². The van der Waals surface area contributed by atoms with Gasteiger partial charge in [-0.2, -0.15) is 0 Å². The molecule has 0 aliphatic carbocycles. The number of terminal acetylenes is 1. The van der Waals surface area contributed by atoms with Crippen molar-refractivity contribution >= 4 is 27.5 Å². The minimum absolute atomic E-state index is 0.0204. The highest BCUT2D eigenvalue weighted by atomic mass is 35.5. The first-order valence-electron chi connectivity index (χ1n) is 5.37. The van der Waals surface area contributed by atoms with Gasteiger partial charge in [0.05, 0.1) is 22.0 Å². The zero-order valence-electron chi connectivity index (χ0n) is 10.3. The molecule has 0 aromatic heterocycles. The van der Waals surface area contributed by atoms with Crippen molar-refractivity contribution < 1.29 is 13.2 Å². The molecule has 0 fully saturated rings. The van der Waals surface area contributed by atoms with Crippen LogP contribution in [0.15, 0.2) is 23.1 Å². The van der Waals surface area contributed by atoms with Gasteiger partial charge in [0.1, 0.15) is 0 Å². The molecule has 0 bridgehead atoms. The molecule has 7 heteroatoms. The molecule has 0 atom stereocenters. The summed E-state index contributed by atoms with van der Waals surface area (Å²) in [6, 6.07) is 4.07. The van der Waals surface area contributed by atoms with Gasteiger partial charge in [0.15, 0.2) is 0 Å². The van der Waals surface area contributed by atoms with Crippen molar-refractivity contribution in [3.05, 3.63) is 28.8 Å². The van der Waals surface area contributed by atoms with E-state index in [0.29, 0.717) is 6.54 Å². The third-order valence-corrected chi connectivity index (χ3v) is 3.72. The van der Waals surface area contributed by atoms with Gasteiger partial charge >= 0.3 is 0 Å². The van der Waals surface area contributed by atoms with Crippen LogP contribution >= 0.6 is 11.6 Å². The first-order chi connectivity index (χ1) is 8.82. The molecule has 1 aromatic rings. The second-order valence-electron chi connectivity index (χ2n) is 3.68. The molecule has 0 aliphatic heterocycles. The Morgan fingerprint density at radius 2 is 2.16 bits per heavy atom. The highest BCUT2D eigenvalue weighted by molar-refractivity contribution is 7.89. The van der Waals surface area contributed by atoms with E-state index in [9.17, 15) is 13.2 Å². The number of rotatable bonds is 4. The van der Waals surface area contributed by atoms with E-state index < -0.39 is 15.9 Å². The third kappa shape index (κ3) is 3.47. The third-order valence-electron chi connectivity index (χ3n) is 2.45. The largest absolute Gasteiger partial charge is 0.328 e. The Balaban J connectivity index is 3.42. The fourth-order valence-corrected chi connectivity index (χ4v) is 2.61. The molecule has 5 nitrogen and oxygen atoms in total. The lowest BCUT2D eigenvalue weighted by atomic mass is 10.2. The number of hydrogen-bond donors (Lipinski definition) is 1. The van der Waals surface area contributed by atoms with Crippen molar-refractivity contribution in [3.8, 4) is 12.3 Å². The number of hydrogen-bond acceptors (Lipinski definition) is 3. The van der Waals surface area contributed by atoms with Crippen LogP contribution in [0.3, 0.4) is 0 Å². The highest BCUT2D eigenvalue weighted by Gasteiger charge is 2.25. The summed E-state index contributed by atoms with van der Waals surface area (Å²) < 4.78 is 23.0. The Morgan fingerprint density at radius 1 is 1.53 bits per heavy atom. The van der Waals surface area contributed by atoms with E-state index in [-0.39, 0.29) is 22.0 Å². The maximum Gasteiger partial charge on any atom is 0.257 e. The first-order valence-corrected chi connectivity index (χ1v) is 7.29. The van der Waals surface area contributed by atoms with Gasteiger partial charge in [0.25, 0.3) is 5.91 Å². The summed E-state index contributed by atoms with van der Waals surface area (Å²) >= 11 is 5.91. The minimum atomic E-state index is -4.04. The summed E-state index contributed by atoms with van der Waals surface area (Å²) in [4.78, 5) is 13.3. The molecule has 2 N–H and O–H groups in total. The first kappa shape index (κ1) is 15.5. The zero-order chi connectivity index (χ0) is 14.6. The Morgan fingerprint density at radius 3 is 2.63 bits per heavy atom. The molecule has 1 aromatic carbocycles. The zero-order valence-corrected chi connectivity index (χ0v) is 11.8. The highest BCUT2D eigenvalue weighted by Crippen LogP contribution is 2.24. The van der Waals surface area contributed by atoms with E-state index in [4.69, 9.17) is 23.2 Å². The molecule has 19 heavy (non-hydrogen) atoms. The van der Waals surface area contributed by atoms with Crippen LogP contribution in [0.2, 0.25) is 5.02 Å². The molecule has 102 valence electrons. The second-order valence-corrected chi connectivity index (χ2v) is 5.62. The Bertz CT molecular complexity index is 635. The lowest BCUT2D eigenvalue weighted by Gasteiger charge is -2.20. The molecule has 0 saturated heterocycles. The van der Waals surface area contributed by atoms with Gasteiger partial charge in [-0.3, -0.25) is 4.79 Å². The van der Waals surface area contributed by atoms with Crippen LogP contribution in [0.25, 0.3) is 0 Å². The molecule has 0 unspecified atom stereocenters. The van der Waals surface area contributed by atoms with E-state index in [0.717, 1.165) is 0 Å². The number of halogens is 1. The summed E-state index contributed by atoms with van der Waals surface area (Å²) in [6.07, 6.45) is 5.16. The normalized spacial score (nSPS) is 10.8. The van der Waals surface area contributed by atoms with Crippen molar-refractivity contribution in [2.24, 2.45) is 5.14 Å². The summed E-state index contributed by atoms with van der Waals surface area (Å²) in [5.41, 5.74) is -0.149.